The average Bonchev–Trinajstić information content (AvgIpc) is 3.60. The quantitative estimate of drug-likeness (QED) is 0.202. The van der Waals surface area contributed by atoms with Gasteiger partial charge in [-0.15, -0.1) is 0 Å². The second kappa shape index (κ2) is 9.74. The maximum atomic E-state index is 9.65. The molecule has 0 saturated heterocycles. The van der Waals surface area contributed by atoms with E-state index in [9.17, 15) is 10.5 Å². The molecule has 6 aromatic carbocycles. The lowest BCUT2D eigenvalue weighted by molar-refractivity contribution is 1.18. The highest BCUT2D eigenvalue weighted by Crippen LogP contribution is 2.42. The molecule has 202 valence electrons. The summed E-state index contributed by atoms with van der Waals surface area (Å²) in [7, 11) is 0. The molecule has 0 unspecified atom stereocenters. The number of aromatic nitrogens is 2. The number of hydrogen-bond donors (Lipinski definition) is 0. The van der Waals surface area contributed by atoms with Gasteiger partial charge in [-0.2, -0.15) is 10.5 Å². The molecular formula is C39H21N5. The first-order chi connectivity index (χ1) is 21.7. The van der Waals surface area contributed by atoms with Gasteiger partial charge in [0.2, 0.25) is 5.69 Å². The maximum absolute atomic E-state index is 9.65. The van der Waals surface area contributed by atoms with Gasteiger partial charge in [-0.1, -0.05) is 72.8 Å². The van der Waals surface area contributed by atoms with Crippen molar-refractivity contribution in [2.75, 3.05) is 0 Å². The van der Waals surface area contributed by atoms with Crippen LogP contribution in [0.4, 0.5) is 5.69 Å². The van der Waals surface area contributed by atoms with E-state index in [-0.39, 0.29) is 0 Å². The maximum Gasteiger partial charge on any atom is 0.210 e. The normalized spacial score (nSPS) is 11.1. The summed E-state index contributed by atoms with van der Waals surface area (Å²) in [6.45, 7) is 7.85. The van der Waals surface area contributed by atoms with Crippen molar-refractivity contribution in [1.82, 2.24) is 9.13 Å². The third-order valence-electron chi connectivity index (χ3n) is 8.38. The molecule has 0 bridgehead atoms. The van der Waals surface area contributed by atoms with Gasteiger partial charge in [-0.25, -0.2) is 4.85 Å². The van der Waals surface area contributed by atoms with Crippen LogP contribution in [0, 0.1) is 29.2 Å². The smallest absolute Gasteiger partial charge is 0.210 e. The highest BCUT2D eigenvalue weighted by Gasteiger charge is 2.19. The fourth-order valence-electron chi connectivity index (χ4n) is 6.52. The molecule has 8 aromatic rings. The Morgan fingerprint density at radius 1 is 0.545 bits per heavy atom. The molecule has 0 saturated carbocycles. The molecule has 0 aliphatic rings. The molecule has 5 heteroatoms. The van der Waals surface area contributed by atoms with Crippen LogP contribution in [-0.4, -0.2) is 9.13 Å². The zero-order valence-electron chi connectivity index (χ0n) is 23.4. The van der Waals surface area contributed by atoms with E-state index < -0.39 is 0 Å². The van der Waals surface area contributed by atoms with Crippen LogP contribution in [0.2, 0.25) is 0 Å². The molecular weight excluding hydrogens is 538 g/mol. The molecule has 0 aliphatic carbocycles. The third-order valence-corrected chi connectivity index (χ3v) is 8.38. The Kier molecular flexibility index (Phi) is 5.56. The van der Waals surface area contributed by atoms with Gasteiger partial charge in [0.05, 0.1) is 57.6 Å². The van der Waals surface area contributed by atoms with Crippen molar-refractivity contribution in [1.29, 1.82) is 10.5 Å². The summed E-state index contributed by atoms with van der Waals surface area (Å²) in [5.74, 6) is 0. The fraction of sp³-hybridized carbons (Fsp3) is 0. The summed E-state index contributed by atoms with van der Waals surface area (Å²) in [5, 5.41) is 23.6. The van der Waals surface area contributed by atoms with Crippen LogP contribution in [0.5, 0.6) is 0 Å². The Labute approximate surface area is 253 Å². The zero-order chi connectivity index (χ0) is 29.8. The minimum Gasteiger partial charge on any atom is -0.319 e. The highest BCUT2D eigenvalue weighted by atomic mass is 15.0. The van der Waals surface area contributed by atoms with Crippen LogP contribution in [0.1, 0.15) is 11.1 Å². The van der Waals surface area contributed by atoms with Crippen molar-refractivity contribution in [3.63, 3.8) is 0 Å². The van der Waals surface area contributed by atoms with Crippen molar-refractivity contribution in [3.8, 4) is 34.6 Å². The van der Waals surface area contributed by atoms with Crippen LogP contribution in [0.25, 0.3) is 71.0 Å². The van der Waals surface area contributed by atoms with E-state index in [0.29, 0.717) is 22.5 Å². The number of rotatable bonds is 3. The lowest BCUT2D eigenvalue weighted by Crippen LogP contribution is -1.95. The minimum absolute atomic E-state index is 0.492. The number of nitrogens with zero attached hydrogens (tertiary/aromatic N) is 5. The lowest BCUT2D eigenvalue weighted by Gasteiger charge is -2.11. The largest absolute Gasteiger partial charge is 0.319 e. The van der Waals surface area contributed by atoms with Crippen molar-refractivity contribution in [3.05, 3.63) is 150 Å². The summed E-state index contributed by atoms with van der Waals surface area (Å²) in [5.41, 5.74) is 9.52. The molecule has 44 heavy (non-hydrogen) atoms. The Morgan fingerprint density at radius 2 is 1.23 bits per heavy atom. The highest BCUT2D eigenvalue weighted by molar-refractivity contribution is 6.17. The summed E-state index contributed by atoms with van der Waals surface area (Å²) in [6.07, 6.45) is 0. The summed E-state index contributed by atoms with van der Waals surface area (Å²) in [4.78, 5) is 3.80. The molecule has 0 atom stereocenters. The Bertz CT molecular complexity index is 2600. The first-order valence-electron chi connectivity index (χ1n) is 14.2. The third kappa shape index (κ3) is 3.63. The minimum atomic E-state index is 0.492. The van der Waals surface area contributed by atoms with Crippen molar-refractivity contribution < 1.29 is 0 Å². The summed E-state index contributed by atoms with van der Waals surface area (Å²) >= 11 is 0. The van der Waals surface area contributed by atoms with Gasteiger partial charge in [-0.05, 0) is 65.7 Å². The standard InChI is InChI=1S/C39H21N5/c1-42-33-18-16-26(24-41)21-38(33)44-35-14-5-3-11-31(35)39-29(12-7-15-37(39)44)27-17-19-36-32(22-27)30-10-2-4-13-34(30)43(36)28-9-6-8-25(20-28)23-40/h2-22H. The van der Waals surface area contributed by atoms with E-state index in [0.717, 1.165) is 60.4 Å². The second-order valence-corrected chi connectivity index (χ2v) is 10.7. The number of benzene rings is 6. The molecule has 8 rings (SSSR count). The molecule has 0 amide bonds. The second-order valence-electron chi connectivity index (χ2n) is 10.7. The number of fused-ring (bicyclic) bond motifs is 6. The molecule has 0 N–H and O–H groups in total. The van der Waals surface area contributed by atoms with E-state index in [1.165, 1.54) is 0 Å². The number of nitriles is 2. The average molecular weight is 560 g/mol. The molecule has 0 spiro atoms. The summed E-state index contributed by atoms with van der Waals surface area (Å²) < 4.78 is 4.32. The van der Waals surface area contributed by atoms with E-state index in [1.54, 1.807) is 18.2 Å². The van der Waals surface area contributed by atoms with Crippen LogP contribution in [0.15, 0.2) is 127 Å². The Morgan fingerprint density at radius 3 is 2.02 bits per heavy atom. The van der Waals surface area contributed by atoms with E-state index in [1.807, 2.05) is 42.5 Å². The Balaban J connectivity index is 1.43. The van der Waals surface area contributed by atoms with Crippen molar-refractivity contribution in [2.24, 2.45) is 0 Å². The molecule has 0 radical (unpaired) electrons. The summed E-state index contributed by atoms with van der Waals surface area (Å²) in [6, 6.07) is 46.9. The van der Waals surface area contributed by atoms with Crippen LogP contribution in [0.3, 0.4) is 0 Å². The van der Waals surface area contributed by atoms with Crippen molar-refractivity contribution in [2.45, 2.75) is 0 Å². The molecule has 0 aliphatic heterocycles. The van der Waals surface area contributed by atoms with Crippen LogP contribution < -0.4 is 0 Å². The van der Waals surface area contributed by atoms with E-state index in [4.69, 9.17) is 6.57 Å². The molecule has 5 nitrogen and oxygen atoms in total. The molecule has 0 fully saturated rings. The van der Waals surface area contributed by atoms with Gasteiger partial charge in [0.15, 0.2) is 0 Å². The van der Waals surface area contributed by atoms with Gasteiger partial charge in [0, 0.05) is 27.2 Å². The first kappa shape index (κ1) is 25.1. The van der Waals surface area contributed by atoms with Gasteiger partial charge in [-0.3, -0.25) is 0 Å². The van der Waals surface area contributed by atoms with E-state index in [2.05, 4.69) is 92.8 Å². The van der Waals surface area contributed by atoms with Crippen LogP contribution in [-0.2, 0) is 0 Å². The number of hydrogen-bond acceptors (Lipinski definition) is 2. The van der Waals surface area contributed by atoms with Gasteiger partial charge < -0.3 is 9.13 Å². The lowest BCUT2D eigenvalue weighted by atomic mass is 9.98. The van der Waals surface area contributed by atoms with Gasteiger partial charge in [0.25, 0.3) is 0 Å². The predicted molar refractivity (Wildman–Crippen MR) is 176 cm³/mol. The van der Waals surface area contributed by atoms with Gasteiger partial charge >= 0.3 is 0 Å². The van der Waals surface area contributed by atoms with Crippen molar-refractivity contribution >= 4 is 49.3 Å². The predicted octanol–water partition coefficient (Wildman–Crippen LogP) is 9.84. The monoisotopic (exact) mass is 559 g/mol. The zero-order valence-corrected chi connectivity index (χ0v) is 23.4. The topological polar surface area (TPSA) is 61.8 Å². The van der Waals surface area contributed by atoms with E-state index >= 15 is 0 Å². The van der Waals surface area contributed by atoms with Gasteiger partial charge in [0.1, 0.15) is 0 Å². The Hall–Kier alpha value is -6.61. The number of para-hydroxylation sites is 2. The molecule has 2 heterocycles. The fourth-order valence-corrected chi connectivity index (χ4v) is 6.52. The molecule has 2 aromatic heterocycles. The first-order valence-corrected chi connectivity index (χ1v) is 14.2. The SMILES string of the molecule is [C-]#[N+]c1ccc(C#N)cc1-n1c2ccccc2c2c(-c3ccc4c(c3)c3ccccc3n4-c3cccc(C#N)c3)cccc21. The van der Waals surface area contributed by atoms with Crippen LogP contribution >= 0.6 is 0 Å².